The number of aliphatic carboxylic acids is 1. The van der Waals surface area contributed by atoms with Crippen molar-refractivity contribution in [2.24, 2.45) is 4.99 Å². The van der Waals surface area contributed by atoms with E-state index in [-0.39, 0.29) is 47.3 Å². The Morgan fingerprint density at radius 2 is 2.10 bits per heavy atom. The van der Waals surface area contributed by atoms with Gasteiger partial charge in [0.25, 0.3) is 5.69 Å². The maximum absolute atomic E-state index is 11.8. The van der Waals surface area contributed by atoms with Crippen molar-refractivity contribution in [3.63, 3.8) is 0 Å². The van der Waals surface area contributed by atoms with Crippen LogP contribution in [0.1, 0.15) is 31.3 Å². The topological polar surface area (TPSA) is 162 Å². The number of allylic oxidation sites excluding steroid dienone is 1. The summed E-state index contributed by atoms with van der Waals surface area (Å²) in [5.41, 5.74) is 0.000422. The number of carbonyl (C=O) groups is 2. The van der Waals surface area contributed by atoms with Crippen LogP contribution in [-0.4, -0.2) is 49.2 Å². The molecule has 2 aromatic rings. The molecular weight excluding hydrogens is 396 g/mol. The minimum absolute atomic E-state index is 0.103. The number of nitro groups is 1. The number of nitrogens with one attached hydrogen (secondary N) is 1. The smallest absolute Gasteiger partial charge is 0.335 e. The number of carboxylic acid groups (broad SMARTS) is 1. The van der Waals surface area contributed by atoms with E-state index in [4.69, 9.17) is 4.74 Å². The number of carboxylic acids is 1. The summed E-state index contributed by atoms with van der Waals surface area (Å²) in [6.07, 6.45) is 1.31. The molecule has 2 heterocycles. The first-order chi connectivity index (χ1) is 14.3. The number of aliphatic imine (C=N–C) groups is 1. The molecule has 0 fully saturated rings. The lowest BCUT2D eigenvalue weighted by atomic mass is 9.95. The molecule has 30 heavy (non-hydrogen) atoms. The lowest BCUT2D eigenvalue weighted by molar-refractivity contribution is -0.385. The van der Waals surface area contributed by atoms with E-state index < -0.39 is 22.9 Å². The molecule has 0 amide bonds. The molecule has 3 rings (SSSR count). The zero-order valence-electron chi connectivity index (χ0n) is 16.1. The number of esters is 1. The number of ether oxygens (including phenoxy) is 1. The number of nitrogens with zero attached hydrogens (tertiary/aromatic N) is 5. The summed E-state index contributed by atoms with van der Waals surface area (Å²) in [5, 5.41) is 28.1. The molecule has 1 aliphatic rings. The van der Waals surface area contributed by atoms with Crippen molar-refractivity contribution < 1.29 is 24.4 Å². The normalized spacial score (nSPS) is 15.9. The molecule has 1 aromatic heterocycles. The van der Waals surface area contributed by atoms with E-state index in [9.17, 15) is 24.8 Å². The molecule has 1 aliphatic heterocycles. The van der Waals surface area contributed by atoms with Crippen molar-refractivity contribution in [1.82, 2.24) is 20.1 Å². The van der Waals surface area contributed by atoms with E-state index in [1.807, 2.05) is 0 Å². The number of amidine groups is 1. The molecule has 2 N–H and O–H groups in total. The number of hydrogen-bond donors (Lipinski definition) is 2. The molecule has 12 nitrogen and oxygen atoms in total. The number of hydrogen-bond acceptors (Lipinski definition) is 9. The molecule has 0 saturated carbocycles. The summed E-state index contributed by atoms with van der Waals surface area (Å²) >= 11 is 0. The average molecular weight is 414 g/mol. The van der Waals surface area contributed by atoms with Gasteiger partial charge in [-0.05, 0) is 19.9 Å². The Bertz CT molecular complexity index is 1070. The second kappa shape index (κ2) is 8.51. The van der Waals surface area contributed by atoms with Gasteiger partial charge in [-0.15, -0.1) is 5.10 Å². The van der Waals surface area contributed by atoms with Crippen LogP contribution in [0.5, 0.6) is 0 Å². The van der Waals surface area contributed by atoms with Gasteiger partial charge < -0.3 is 15.2 Å². The summed E-state index contributed by atoms with van der Waals surface area (Å²) in [4.78, 5) is 42.7. The molecule has 0 radical (unpaired) electrons. The number of benzene rings is 1. The van der Waals surface area contributed by atoms with Crippen LogP contribution in [0.15, 0.2) is 46.9 Å². The predicted molar refractivity (Wildman–Crippen MR) is 103 cm³/mol. The Kier molecular flexibility index (Phi) is 5.85. The minimum Gasteiger partial charge on any atom is -0.478 e. The van der Waals surface area contributed by atoms with Gasteiger partial charge in [0.1, 0.15) is 18.9 Å². The fraction of sp³-hybridized carbons (Fsp3) is 0.278. The number of rotatable bonds is 7. The minimum atomic E-state index is -1.26. The first-order valence-electron chi connectivity index (χ1n) is 8.89. The molecule has 12 heteroatoms. The van der Waals surface area contributed by atoms with Crippen molar-refractivity contribution in [3.05, 3.63) is 63.4 Å². The standard InChI is InChI=1S/C18H18N6O6/c1-3-30-13(25)8-23-9-19-16(22-23)17-20-10(2)14(18(26)27)15(21-17)11-6-4-5-7-12(11)24(28)29/h4-7,9,15H,3,8H2,1-2H3,(H,20,21)(H,26,27). The molecule has 0 bridgehead atoms. The molecule has 1 aromatic carbocycles. The highest BCUT2D eigenvalue weighted by Crippen LogP contribution is 2.36. The number of carbonyl (C=O) groups excluding carboxylic acids is 1. The lowest BCUT2D eigenvalue weighted by Gasteiger charge is -2.23. The molecule has 0 saturated heterocycles. The summed E-state index contributed by atoms with van der Waals surface area (Å²) in [6.45, 7) is 3.28. The van der Waals surface area contributed by atoms with Crippen LogP contribution in [0.3, 0.4) is 0 Å². The highest BCUT2D eigenvalue weighted by Gasteiger charge is 2.34. The van der Waals surface area contributed by atoms with Crippen LogP contribution in [0, 0.1) is 10.1 Å². The van der Waals surface area contributed by atoms with E-state index in [0.717, 1.165) is 0 Å². The van der Waals surface area contributed by atoms with Crippen molar-refractivity contribution in [1.29, 1.82) is 0 Å². The maximum Gasteiger partial charge on any atom is 0.335 e. The van der Waals surface area contributed by atoms with Crippen LogP contribution in [0.2, 0.25) is 0 Å². The summed E-state index contributed by atoms with van der Waals surface area (Å²) in [6, 6.07) is 4.66. The highest BCUT2D eigenvalue weighted by atomic mass is 16.6. The van der Waals surface area contributed by atoms with Gasteiger partial charge in [-0.1, -0.05) is 12.1 Å². The first-order valence-corrected chi connectivity index (χ1v) is 8.89. The Morgan fingerprint density at radius 3 is 2.77 bits per heavy atom. The molecule has 1 atom stereocenters. The van der Waals surface area contributed by atoms with Crippen LogP contribution < -0.4 is 5.32 Å². The van der Waals surface area contributed by atoms with Gasteiger partial charge in [0.05, 0.1) is 22.7 Å². The van der Waals surface area contributed by atoms with Crippen molar-refractivity contribution in [2.75, 3.05) is 6.61 Å². The van der Waals surface area contributed by atoms with Crippen LogP contribution in [0.25, 0.3) is 0 Å². The average Bonchev–Trinajstić information content (AvgIpc) is 3.15. The van der Waals surface area contributed by atoms with E-state index in [0.29, 0.717) is 0 Å². The van der Waals surface area contributed by atoms with Gasteiger partial charge in [0, 0.05) is 11.8 Å². The monoisotopic (exact) mass is 414 g/mol. The zero-order chi connectivity index (χ0) is 21.8. The van der Waals surface area contributed by atoms with E-state index in [2.05, 4.69) is 20.4 Å². The van der Waals surface area contributed by atoms with Crippen LogP contribution in [-0.2, 0) is 20.9 Å². The molecule has 1 unspecified atom stereocenters. The second-order valence-corrected chi connectivity index (χ2v) is 6.24. The summed E-state index contributed by atoms with van der Waals surface area (Å²) in [7, 11) is 0. The second-order valence-electron chi connectivity index (χ2n) is 6.24. The molecule has 0 aliphatic carbocycles. The van der Waals surface area contributed by atoms with Gasteiger partial charge in [-0.2, -0.15) is 0 Å². The number of nitro benzene ring substituents is 1. The van der Waals surface area contributed by atoms with Crippen molar-refractivity contribution in [3.8, 4) is 0 Å². The van der Waals surface area contributed by atoms with Crippen LogP contribution >= 0.6 is 0 Å². The highest BCUT2D eigenvalue weighted by molar-refractivity contribution is 6.01. The third kappa shape index (κ3) is 4.16. The summed E-state index contributed by atoms with van der Waals surface area (Å²) < 4.78 is 6.11. The third-order valence-electron chi connectivity index (χ3n) is 4.24. The Balaban J connectivity index is 2.02. The fourth-order valence-corrected chi connectivity index (χ4v) is 3.00. The fourth-order valence-electron chi connectivity index (χ4n) is 3.00. The van der Waals surface area contributed by atoms with Crippen molar-refractivity contribution in [2.45, 2.75) is 26.4 Å². The number of aromatic nitrogens is 3. The van der Waals surface area contributed by atoms with Gasteiger partial charge in [-0.3, -0.25) is 19.9 Å². The lowest BCUT2D eigenvalue weighted by Crippen LogP contribution is -2.33. The molecule has 0 spiro atoms. The predicted octanol–water partition coefficient (Wildman–Crippen LogP) is 1.20. The van der Waals surface area contributed by atoms with Gasteiger partial charge >= 0.3 is 11.9 Å². The molecule has 156 valence electrons. The third-order valence-corrected chi connectivity index (χ3v) is 4.24. The van der Waals surface area contributed by atoms with Gasteiger partial charge in [0.2, 0.25) is 5.82 Å². The van der Waals surface area contributed by atoms with Gasteiger partial charge in [0.15, 0.2) is 5.84 Å². The van der Waals surface area contributed by atoms with E-state index >= 15 is 0 Å². The first kappa shape index (κ1) is 20.6. The Labute approximate surface area is 170 Å². The summed E-state index contributed by atoms with van der Waals surface area (Å²) in [5.74, 6) is -1.52. The number of para-hydroxylation sites is 1. The van der Waals surface area contributed by atoms with E-state index in [1.54, 1.807) is 13.0 Å². The van der Waals surface area contributed by atoms with E-state index in [1.165, 1.54) is 36.1 Å². The Morgan fingerprint density at radius 1 is 1.37 bits per heavy atom. The van der Waals surface area contributed by atoms with Crippen molar-refractivity contribution >= 4 is 23.5 Å². The zero-order valence-corrected chi connectivity index (χ0v) is 16.1. The quantitative estimate of drug-likeness (QED) is 0.385. The molecular formula is C18H18N6O6. The SMILES string of the molecule is CCOC(=O)Cn1cnc(C2=NC(c3ccccc3[N+](=O)[O-])C(C(=O)O)=C(C)N2)n1. The van der Waals surface area contributed by atoms with Gasteiger partial charge in [-0.25, -0.2) is 14.5 Å². The maximum atomic E-state index is 11.8. The van der Waals surface area contributed by atoms with Crippen LogP contribution in [0.4, 0.5) is 5.69 Å². The Hall–Kier alpha value is -4.09. The largest absolute Gasteiger partial charge is 0.478 e.